The Morgan fingerprint density at radius 3 is 2.06 bits per heavy atom. The Balaban J connectivity index is 2.72. The van der Waals surface area contributed by atoms with Gasteiger partial charge in [0.05, 0.1) is 11.8 Å². The van der Waals surface area contributed by atoms with Crippen molar-refractivity contribution in [3.63, 3.8) is 0 Å². The highest BCUT2D eigenvalue weighted by atomic mass is 19.1. The van der Waals surface area contributed by atoms with Gasteiger partial charge in [-0.2, -0.15) is 0 Å². The van der Waals surface area contributed by atoms with Crippen LogP contribution in [0.3, 0.4) is 0 Å². The van der Waals surface area contributed by atoms with E-state index in [1.54, 1.807) is 0 Å². The van der Waals surface area contributed by atoms with Gasteiger partial charge in [0.25, 0.3) is 0 Å². The second kappa shape index (κ2) is 4.04. The van der Waals surface area contributed by atoms with E-state index < -0.39 is 28.8 Å². The lowest BCUT2D eigenvalue weighted by Gasteiger charge is -2.07. The molecule has 0 spiro atoms. The quantitative estimate of drug-likeness (QED) is 0.781. The molecule has 0 fully saturated rings. The highest BCUT2D eigenvalue weighted by Gasteiger charge is 2.17. The molecular weight excluding hydrogens is 236 g/mol. The number of hydrogen-bond acceptors (Lipinski definition) is 2. The summed E-state index contributed by atoms with van der Waals surface area (Å²) in [5, 5.41) is 0. The number of rotatable bonds is 1. The topological polar surface area (TPSA) is 38.9 Å². The minimum absolute atomic E-state index is 0.240. The van der Waals surface area contributed by atoms with Crippen molar-refractivity contribution >= 4 is 5.82 Å². The predicted molar refractivity (Wildman–Crippen MR) is 53.9 cm³/mol. The third kappa shape index (κ3) is 2.06. The molecule has 1 aromatic heterocycles. The third-order valence-corrected chi connectivity index (χ3v) is 2.16. The summed E-state index contributed by atoms with van der Waals surface area (Å²) in [6.07, 6.45) is 0.818. The van der Waals surface area contributed by atoms with Crippen molar-refractivity contribution in [1.82, 2.24) is 4.98 Å². The molecule has 0 aliphatic heterocycles. The molecule has 2 rings (SSSR count). The highest BCUT2D eigenvalue weighted by Crippen LogP contribution is 2.30. The lowest BCUT2D eigenvalue weighted by molar-refractivity contribution is 0.547. The second-order valence-electron chi connectivity index (χ2n) is 3.33. The van der Waals surface area contributed by atoms with Gasteiger partial charge in [-0.1, -0.05) is 0 Å². The first-order valence-corrected chi connectivity index (χ1v) is 4.55. The molecule has 0 aliphatic carbocycles. The summed E-state index contributed by atoms with van der Waals surface area (Å²) in [7, 11) is 0. The zero-order valence-electron chi connectivity index (χ0n) is 8.35. The van der Waals surface area contributed by atoms with Gasteiger partial charge in [0.15, 0.2) is 0 Å². The number of pyridine rings is 1. The van der Waals surface area contributed by atoms with E-state index in [0.717, 1.165) is 12.3 Å². The van der Waals surface area contributed by atoms with Crippen LogP contribution in [0.25, 0.3) is 11.1 Å². The molecule has 0 atom stereocenters. The normalized spacial score (nSPS) is 10.6. The number of nitrogens with two attached hydrogens (primary N) is 1. The van der Waals surface area contributed by atoms with Gasteiger partial charge in [-0.3, -0.25) is 0 Å². The highest BCUT2D eigenvalue weighted by molar-refractivity contribution is 5.74. The van der Waals surface area contributed by atoms with Crippen LogP contribution in [0.4, 0.5) is 23.4 Å². The fourth-order valence-electron chi connectivity index (χ4n) is 1.45. The van der Waals surface area contributed by atoms with Crippen LogP contribution in [0.15, 0.2) is 24.4 Å². The molecule has 0 aliphatic rings. The van der Waals surface area contributed by atoms with Crippen molar-refractivity contribution < 1.29 is 17.6 Å². The summed E-state index contributed by atoms with van der Waals surface area (Å²) in [5.41, 5.74) is 4.54. The minimum atomic E-state index is -1.17. The zero-order chi connectivity index (χ0) is 12.6. The fraction of sp³-hybridized carbons (Fsp3) is 0. The van der Waals surface area contributed by atoms with Gasteiger partial charge >= 0.3 is 0 Å². The van der Waals surface area contributed by atoms with Gasteiger partial charge in [0.1, 0.15) is 29.1 Å². The van der Waals surface area contributed by atoms with Crippen LogP contribution in [0.2, 0.25) is 0 Å². The summed E-state index contributed by atoms with van der Waals surface area (Å²) in [4.78, 5) is 3.44. The predicted octanol–water partition coefficient (Wildman–Crippen LogP) is 2.89. The maximum Gasteiger partial charge on any atom is 0.142 e. The summed E-state index contributed by atoms with van der Waals surface area (Å²) >= 11 is 0. The van der Waals surface area contributed by atoms with E-state index in [1.165, 1.54) is 0 Å². The first kappa shape index (κ1) is 11.4. The average molecular weight is 242 g/mol. The number of aromatic nitrogens is 1. The van der Waals surface area contributed by atoms with E-state index in [1.807, 2.05) is 0 Å². The molecule has 0 unspecified atom stereocenters. The van der Waals surface area contributed by atoms with Crippen LogP contribution >= 0.6 is 0 Å². The van der Waals surface area contributed by atoms with E-state index in [9.17, 15) is 17.6 Å². The average Bonchev–Trinajstić information content (AvgIpc) is 2.21. The number of anilines is 1. The second-order valence-corrected chi connectivity index (χ2v) is 3.33. The number of nitrogen functional groups attached to an aromatic ring is 1. The van der Waals surface area contributed by atoms with Crippen LogP contribution in [0.5, 0.6) is 0 Å². The van der Waals surface area contributed by atoms with E-state index in [-0.39, 0.29) is 11.4 Å². The van der Waals surface area contributed by atoms with Crippen molar-refractivity contribution in [2.45, 2.75) is 0 Å². The Kier molecular flexibility index (Phi) is 2.71. The molecule has 0 bridgehead atoms. The number of halogens is 4. The number of hydrogen-bond donors (Lipinski definition) is 1. The van der Waals surface area contributed by atoms with Gasteiger partial charge < -0.3 is 5.73 Å². The molecule has 0 amide bonds. The molecule has 2 N–H and O–H groups in total. The van der Waals surface area contributed by atoms with Gasteiger partial charge in [0, 0.05) is 17.7 Å². The Bertz CT molecular complexity index is 561. The summed E-state index contributed by atoms with van der Waals surface area (Å²) in [6, 6.07) is 1.81. The molecule has 6 heteroatoms. The maximum absolute atomic E-state index is 13.4. The van der Waals surface area contributed by atoms with Gasteiger partial charge in [-0.25, -0.2) is 22.5 Å². The van der Waals surface area contributed by atoms with Crippen molar-refractivity contribution in [2.24, 2.45) is 0 Å². The van der Waals surface area contributed by atoms with Crippen molar-refractivity contribution in [1.29, 1.82) is 0 Å². The van der Waals surface area contributed by atoms with Crippen LogP contribution in [-0.2, 0) is 0 Å². The van der Waals surface area contributed by atoms with E-state index in [2.05, 4.69) is 4.98 Å². The zero-order valence-corrected chi connectivity index (χ0v) is 8.35. The molecule has 88 valence electrons. The molecule has 1 aromatic carbocycles. The molecule has 0 radical (unpaired) electrons. The summed E-state index contributed by atoms with van der Waals surface area (Å²) in [5.74, 6) is -4.43. The van der Waals surface area contributed by atoms with Gasteiger partial charge in [-0.05, 0) is 6.07 Å². The Hall–Kier alpha value is -2.11. The van der Waals surface area contributed by atoms with Crippen LogP contribution in [-0.4, -0.2) is 4.98 Å². The van der Waals surface area contributed by atoms with E-state index in [4.69, 9.17) is 5.73 Å². The molecule has 0 saturated heterocycles. The van der Waals surface area contributed by atoms with Gasteiger partial charge in [-0.15, -0.1) is 0 Å². The monoisotopic (exact) mass is 242 g/mol. The van der Waals surface area contributed by atoms with E-state index in [0.29, 0.717) is 12.1 Å². The lowest BCUT2D eigenvalue weighted by Crippen LogP contribution is -1.99. The van der Waals surface area contributed by atoms with Crippen LogP contribution in [0.1, 0.15) is 0 Å². The molecule has 2 aromatic rings. The van der Waals surface area contributed by atoms with Crippen LogP contribution in [0, 0.1) is 23.3 Å². The molecular formula is C11H6F4N2. The van der Waals surface area contributed by atoms with Crippen LogP contribution < -0.4 is 5.73 Å². The van der Waals surface area contributed by atoms with Crippen molar-refractivity contribution in [3.8, 4) is 11.1 Å². The molecule has 1 heterocycles. The minimum Gasteiger partial charge on any atom is -0.383 e. The first-order chi connectivity index (χ1) is 7.99. The molecule has 17 heavy (non-hydrogen) atoms. The third-order valence-electron chi connectivity index (χ3n) is 2.16. The first-order valence-electron chi connectivity index (χ1n) is 4.55. The van der Waals surface area contributed by atoms with E-state index >= 15 is 0 Å². The fourth-order valence-corrected chi connectivity index (χ4v) is 1.45. The smallest absolute Gasteiger partial charge is 0.142 e. The van der Waals surface area contributed by atoms with Crippen molar-refractivity contribution in [3.05, 3.63) is 47.7 Å². The summed E-state index contributed by atoms with van der Waals surface area (Å²) in [6.45, 7) is 0. The Morgan fingerprint density at radius 1 is 0.882 bits per heavy atom. The number of benzene rings is 1. The maximum atomic E-state index is 13.4. The Morgan fingerprint density at radius 2 is 1.47 bits per heavy atom. The van der Waals surface area contributed by atoms with Crippen molar-refractivity contribution in [2.75, 3.05) is 5.73 Å². The molecule has 0 saturated carbocycles. The standard InChI is InChI=1S/C11H6F4N2/c12-5-2-8(14)10(9(15)3-5)7-1-6(13)4-17-11(7)16/h1-4H,(H2,16,17). The lowest BCUT2D eigenvalue weighted by atomic mass is 10.1. The largest absolute Gasteiger partial charge is 0.383 e. The van der Waals surface area contributed by atoms with Gasteiger partial charge in [0.2, 0.25) is 0 Å². The SMILES string of the molecule is Nc1ncc(F)cc1-c1c(F)cc(F)cc1F. The molecule has 2 nitrogen and oxygen atoms in total. The Labute approximate surface area is 93.7 Å². The number of nitrogens with zero attached hydrogens (tertiary/aromatic N) is 1. The summed E-state index contributed by atoms with van der Waals surface area (Å²) < 4.78 is 52.5.